The number of benzene rings is 3. The van der Waals surface area contributed by atoms with E-state index in [4.69, 9.17) is 18.9 Å². The summed E-state index contributed by atoms with van der Waals surface area (Å²) in [5, 5.41) is 6.82. The number of nitrogens with one attached hydrogen (secondary N) is 2. The maximum Gasteiger partial charge on any atom is 0.124 e. The second kappa shape index (κ2) is 16.7. The molecule has 0 saturated carbocycles. The minimum atomic E-state index is 0.142. The molecule has 7 heteroatoms. The Kier molecular flexibility index (Phi) is 12.1. The van der Waals surface area contributed by atoms with Crippen molar-refractivity contribution in [2.75, 3.05) is 65.0 Å². The van der Waals surface area contributed by atoms with Crippen molar-refractivity contribution in [1.82, 2.24) is 10.6 Å². The van der Waals surface area contributed by atoms with Gasteiger partial charge < -0.3 is 34.5 Å². The van der Waals surface area contributed by atoms with Crippen LogP contribution in [0, 0.1) is 0 Å². The zero-order valence-electron chi connectivity index (χ0n) is 26.0. The van der Waals surface area contributed by atoms with Crippen molar-refractivity contribution in [2.45, 2.75) is 57.3 Å². The van der Waals surface area contributed by atoms with Crippen LogP contribution >= 0.6 is 0 Å². The standard InChI is InChI=1S/C36H49N3O4/c1-37-18-6-21-39-20-5-9-30-12-11-28(24-34(30)39)26-43-36-25-38-19-17-33(36)29-13-15-32(16-14-29)42-23-7-22-41-27-31-8-3-4-10-35(31)40-2/h3-4,8,10-16,24,33,36-38H,5-7,9,17-23,25-27H2,1-2H3. The first kappa shape index (κ1) is 31.3. The molecule has 2 aliphatic rings. The fourth-order valence-electron chi connectivity index (χ4n) is 6.22. The van der Waals surface area contributed by atoms with E-state index in [0.29, 0.717) is 32.3 Å². The summed E-state index contributed by atoms with van der Waals surface area (Å²) in [4.78, 5) is 2.56. The van der Waals surface area contributed by atoms with Crippen molar-refractivity contribution >= 4 is 5.69 Å². The van der Waals surface area contributed by atoms with Gasteiger partial charge in [0.2, 0.25) is 0 Å². The van der Waals surface area contributed by atoms with E-state index in [1.54, 1.807) is 7.11 Å². The molecule has 7 nitrogen and oxygen atoms in total. The molecule has 3 aromatic carbocycles. The van der Waals surface area contributed by atoms with Crippen LogP contribution < -0.4 is 25.0 Å². The van der Waals surface area contributed by atoms with E-state index >= 15 is 0 Å². The van der Waals surface area contributed by atoms with Gasteiger partial charge in [0.05, 0.1) is 39.6 Å². The fraction of sp³-hybridized carbons (Fsp3) is 0.500. The summed E-state index contributed by atoms with van der Waals surface area (Å²) in [5.41, 5.74) is 6.52. The van der Waals surface area contributed by atoms with Crippen LogP contribution in [0.1, 0.15) is 53.9 Å². The molecule has 2 unspecified atom stereocenters. The molecule has 0 amide bonds. The molecule has 0 bridgehead atoms. The minimum Gasteiger partial charge on any atom is -0.496 e. The summed E-state index contributed by atoms with van der Waals surface area (Å²) in [5.74, 6) is 2.13. The van der Waals surface area contributed by atoms with Crippen molar-refractivity contribution < 1.29 is 18.9 Å². The summed E-state index contributed by atoms with van der Waals surface area (Å²) in [6, 6.07) is 23.5. The van der Waals surface area contributed by atoms with E-state index in [0.717, 1.165) is 69.0 Å². The van der Waals surface area contributed by atoms with E-state index in [9.17, 15) is 0 Å². The largest absolute Gasteiger partial charge is 0.496 e. The van der Waals surface area contributed by atoms with E-state index in [1.165, 1.54) is 35.2 Å². The Morgan fingerprint density at radius 1 is 0.977 bits per heavy atom. The summed E-state index contributed by atoms with van der Waals surface area (Å²) in [6.45, 7) is 7.63. The molecular weight excluding hydrogens is 538 g/mol. The quantitative estimate of drug-likeness (QED) is 0.208. The molecule has 0 radical (unpaired) electrons. The zero-order chi connectivity index (χ0) is 29.7. The molecule has 2 atom stereocenters. The lowest BCUT2D eigenvalue weighted by molar-refractivity contribution is 0.0106. The number of methoxy groups -OCH3 is 1. The summed E-state index contributed by atoms with van der Waals surface area (Å²) in [6.07, 6.45) is 5.61. The number of anilines is 1. The maximum atomic E-state index is 6.60. The van der Waals surface area contributed by atoms with E-state index in [2.05, 4.69) is 58.0 Å². The van der Waals surface area contributed by atoms with Gasteiger partial charge in [0.1, 0.15) is 11.5 Å². The molecule has 1 saturated heterocycles. The third-order valence-corrected chi connectivity index (χ3v) is 8.57. The number of aryl methyl sites for hydroxylation is 1. The van der Waals surface area contributed by atoms with Crippen LogP contribution in [0.15, 0.2) is 66.7 Å². The van der Waals surface area contributed by atoms with Crippen molar-refractivity contribution in [2.24, 2.45) is 0 Å². The normalized spacial score (nSPS) is 18.3. The highest BCUT2D eigenvalue weighted by molar-refractivity contribution is 5.57. The van der Waals surface area contributed by atoms with Crippen LogP contribution in [0.5, 0.6) is 11.5 Å². The van der Waals surface area contributed by atoms with Crippen molar-refractivity contribution in [3.63, 3.8) is 0 Å². The molecular formula is C36H49N3O4. The zero-order valence-corrected chi connectivity index (χ0v) is 26.0. The molecule has 43 heavy (non-hydrogen) atoms. The number of fused-ring (bicyclic) bond motifs is 1. The van der Waals surface area contributed by atoms with Gasteiger partial charge in [-0.05, 0) is 86.8 Å². The highest BCUT2D eigenvalue weighted by Crippen LogP contribution is 2.32. The van der Waals surface area contributed by atoms with Gasteiger partial charge >= 0.3 is 0 Å². The van der Waals surface area contributed by atoms with Crippen LogP contribution in [0.2, 0.25) is 0 Å². The Hall–Kier alpha value is -3.10. The highest BCUT2D eigenvalue weighted by atomic mass is 16.5. The van der Waals surface area contributed by atoms with Gasteiger partial charge in [-0.15, -0.1) is 0 Å². The molecule has 0 aromatic heterocycles. The number of para-hydroxylation sites is 1. The average Bonchev–Trinajstić information content (AvgIpc) is 3.06. The lowest BCUT2D eigenvalue weighted by atomic mass is 9.87. The number of rotatable bonds is 16. The first-order valence-corrected chi connectivity index (χ1v) is 16.0. The van der Waals surface area contributed by atoms with E-state index in [-0.39, 0.29) is 6.10 Å². The van der Waals surface area contributed by atoms with Crippen LogP contribution in [-0.2, 0) is 29.1 Å². The Morgan fingerprint density at radius 3 is 2.72 bits per heavy atom. The molecule has 2 N–H and O–H groups in total. The van der Waals surface area contributed by atoms with Gasteiger partial charge in [-0.2, -0.15) is 0 Å². The predicted molar refractivity (Wildman–Crippen MR) is 174 cm³/mol. The Bertz CT molecular complexity index is 1250. The third kappa shape index (κ3) is 8.96. The summed E-state index contributed by atoms with van der Waals surface area (Å²) in [7, 11) is 3.71. The van der Waals surface area contributed by atoms with Gasteiger partial charge in [0.25, 0.3) is 0 Å². The third-order valence-electron chi connectivity index (χ3n) is 8.57. The molecule has 0 aliphatic carbocycles. The second-order valence-corrected chi connectivity index (χ2v) is 11.6. The maximum absolute atomic E-state index is 6.60. The Balaban J connectivity index is 1.08. The first-order valence-electron chi connectivity index (χ1n) is 16.0. The van der Waals surface area contributed by atoms with Gasteiger partial charge in [0.15, 0.2) is 0 Å². The number of nitrogens with zero attached hydrogens (tertiary/aromatic N) is 1. The molecule has 1 fully saturated rings. The molecule has 3 aromatic rings. The SMILES string of the molecule is CNCCCN1CCCc2ccc(COC3CNCCC3c3ccc(OCCCOCc4ccccc4OC)cc3)cc21. The number of ether oxygens (including phenoxy) is 4. The smallest absolute Gasteiger partial charge is 0.124 e. The van der Waals surface area contributed by atoms with E-state index < -0.39 is 0 Å². The van der Waals surface area contributed by atoms with Crippen LogP contribution in [0.3, 0.4) is 0 Å². The minimum absolute atomic E-state index is 0.142. The van der Waals surface area contributed by atoms with Crippen molar-refractivity contribution in [3.8, 4) is 11.5 Å². The van der Waals surface area contributed by atoms with E-state index in [1.807, 2.05) is 31.3 Å². The van der Waals surface area contributed by atoms with Gasteiger partial charge in [-0.1, -0.05) is 42.5 Å². The lowest BCUT2D eigenvalue weighted by Crippen LogP contribution is -2.41. The second-order valence-electron chi connectivity index (χ2n) is 11.6. The van der Waals surface area contributed by atoms with Gasteiger partial charge in [0, 0.05) is 43.2 Å². The Labute approximate surface area is 257 Å². The van der Waals surface area contributed by atoms with Gasteiger partial charge in [-0.3, -0.25) is 0 Å². The summed E-state index contributed by atoms with van der Waals surface area (Å²) < 4.78 is 23.8. The molecule has 232 valence electrons. The first-order chi connectivity index (χ1) is 21.2. The highest BCUT2D eigenvalue weighted by Gasteiger charge is 2.27. The number of hydrogen-bond acceptors (Lipinski definition) is 7. The molecule has 2 heterocycles. The average molecular weight is 588 g/mol. The summed E-state index contributed by atoms with van der Waals surface area (Å²) >= 11 is 0. The monoisotopic (exact) mass is 587 g/mol. The van der Waals surface area contributed by atoms with Gasteiger partial charge in [-0.25, -0.2) is 0 Å². The van der Waals surface area contributed by atoms with Crippen LogP contribution in [0.4, 0.5) is 5.69 Å². The molecule has 5 rings (SSSR count). The van der Waals surface area contributed by atoms with Crippen molar-refractivity contribution in [1.29, 1.82) is 0 Å². The molecule has 2 aliphatic heterocycles. The fourth-order valence-corrected chi connectivity index (χ4v) is 6.22. The van der Waals surface area contributed by atoms with Crippen molar-refractivity contribution in [3.05, 3.63) is 89.0 Å². The Morgan fingerprint density at radius 2 is 1.86 bits per heavy atom. The number of piperidine rings is 1. The topological polar surface area (TPSA) is 64.2 Å². The number of hydrogen-bond donors (Lipinski definition) is 2. The molecule has 0 spiro atoms. The lowest BCUT2D eigenvalue weighted by Gasteiger charge is -2.33. The van der Waals surface area contributed by atoms with Crippen LogP contribution in [-0.4, -0.2) is 66.2 Å². The van der Waals surface area contributed by atoms with Crippen LogP contribution in [0.25, 0.3) is 0 Å². The predicted octanol–water partition coefficient (Wildman–Crippen LogP) is 5.71.